The largest absolute Gasteiger partial charge is 0.358 e. The first kappa shape index (κ1) is 12.8. The van der Waals surface area contributed by atoms with E-state index in [9.17, 15) is 10.1 Å². The number of anilines is 1. The Labute approximate surface area is 110 Å². The molecule has 6 nitrogen and oxygen atoms in total. The van der Waals surface area contributed by atoms with Gasteiger partial charge in [-0.1, -0.05) is 0 Å². The van der Waals surface area contributed by atoms with Crippen LogP contribution in [0.2, 0.25) is 0 Å². The van der Waals surface area contributed by atoms with Crippen molar-refractivity contribution in [3.05, 3.63) is 57.4 Å². The molecule has 0 atom stereocenters. The molecular weight excluding hydrogens is 244 g/mol. The lowest BCUT2D eigenvalue weighted by molar-refractivity contribution is -0.384. The number of rotatable bonds is 4. The highest BCUT2D eigenvalue weighted by atomic mass is 16.6. The average molecular weight is 258 g/mol. The molecule has 0 unspecified atom stereocenters. The van der Waals surface area contributed by atoms with E-state index in [0.717, 1.165) is 17.0 Å². The van der Waals surface area contributed by atoms with Crippen molar-refractivity contribution in [3.8, 4) is 0 Å². The molecule has 0 bridgehead atoms. The molecule has 0 radical (unpaired) electrons. The predicted molar refractivity (Wildman–Crippen MR) is 74.6 cm³/mol. The highest BCUT2D eigenvalue weighted by Gasteiger charge is 2.03. The molecule has 98 valence electrons. The van der Waals surface area contributed by atoms with Crippen molar-refractivity contribution in [1.82, 2.24) is 4.98 Å². The molecule has 6 heteroatoms. The van der Waals surface area contributed by atoms with Crippen LogP contribution in [0.15, 0.2) is 35.4 Å². The zero-order valence-corrected chi connectivity index (χ0v) is 10.7. The van der Waals surface area contributed by atoms with Crippen LogP contribution in [0.1, 0.15) is 17.0 Å². The molecule has 1 aromatic heterocycles. The van der Waals surface area contributed by atoms with Gasteiger partial charge in [-0.15, -0.1) is 0 Å². The Morgan fingerprint density at radius 2 is 2.00 bits per heavy atom. The van der Waals surface area contributed by atoms with E-state index >= 15 is 0 Å². The molecule has 0 fully saturated rings. The maximum Gasteiger partial charge on any atom is 0.269 e. The lowest BCUT2D eigenvalue weighted by atomic mass is 10.3. The zero-order valence-electron chi connectivity index (χ0n) is 10.7. The number of aromatic nitrogens is 1. The predicted octanol–water partition coefficient (Wildman–Crippen LogP) is 2.99. The third kappa shape index (κ3) is 3.19. The number of nitro groups is 1. The lowest BCUT2D eigenvalue weighted by Gasteiger charge is -1.99. The topological polar surface area (TPSA) is 83.3 Å². The average Bonchev–Trinajstić information content (AvgIpc) is 2.68. The lowest BCUT2D eigenvalue weighted by Crippen LogP contribution is -1.93. The van der Waals surface area contributed by atoms with Crippen LogP contribution in [0.4, 0.5) is 11.4 Å². The van der Waals surface area contributed by atoms with Crippen LogP contribution in [0.25, 0.3) is 0 Å². The summed E-state index contributed by atoms with van der Waals surface area (Å²) in [5.74, 6) is 0. The van der Waals surface area contributed by atoms with Crippen molar-refractivity contribution in [3.63, 3.8) is 0 Å². The van der Waals surface area contributed by atoms with Gasteiger partial charge in [0.15, 0.2) is 0 Å². The molecule has 2 aromatic rings. The standard InChI is InChI=1S/C13H14N4O2/c1-9-7-10(2)15-13(9)8-14-16-11-3-5-12(6-4-11)17(18)19/h3-8,15-16H,1-2H3/b14-8-. The molecule has 1 aromatic carbocycles. The van der Waals surface area contributed by atoms with Crippen LogP contribution in [-0.4, -0.2) is 16.1 Å². The minimum atomic E-state index is -0.432. The van der Waals surface area contributed by atoms with Crippen molar-refractivity contribution in [1.29, 1.82) is 0 Å². The second-order valence-corrected chi connectivity index (χ2v) is 4.22. The summed E-state index contributed by atoms with van der Waals surface area (Å²) in [5, 5.41) is 14.6. The summed E-state index contributed by atoms with van der Waals surface area (Å²) >= 11 is 0. The summed E-state index contributed by atoms with van der Waals surface area (Å²) in [6, 6.07) is 8.13. The first-order valence-corrected chi connectivity index (χ1v) is 5.76. The Balaban J connectivity index is 2.02. The van der Waals surface area contributed by atoms with Gasteiger partial charge >= 0.3 is 0 Å². The van der Waals surface area contributed by atoms with Crippen molar-refractivity contribution < 1.29 is 4.92 Å². The minimum absolute atomic E-state index is 0.0605. The summed E-state index contributed by atoms with van der Waals surface area (Å²) in [6.07, 6.45) is 1.68. The van der Waals surface area contributed by atoms with Crippen LogP contribution in [0, 0.1) is 24.0 Å². The highest BCUT2D eigenvalue weighted by Crippen LogP contribution is 2.15. The van der Waals surface area contributed by atoms with Gasteiger partial charge in [0, 0.05) is 17.8 Å². The van der Waals surface area contributed by atoms with Crippen LogP contribution in [-0.2, 0) is 0 Å². The van der Waals surface area contributed by atoms with Gasteiger partial charge in [0.25, 0.3) is 5.69 Å². The van der Waals surface area contributed by atoms with Gasteiger partial charge in [-0.3, -0.25) is 15.5 Å². The number of hydrogen-bond donors (Lipinski definition) is 2. The quantitative estimate of drug-likeness (QED) is 0.502. The number of non-ortho nitro benzene ring substituents is 1. The van der Waals surface area contributed by atoms with Crippen LogP contribution in [0.3, 0.4) is 0 Å². The number of hydrogen-bond acceptors (Lipinski definition) is 4. The Kier molecular flexibility index (Phi) is 3.61. The highest BCUT2D eigenvalue weighted by molar-refractivity contribution is 5.80. The van der Waals surface area contributed by atoms with E-state index < -0.39 is 4.92 Å². The van der Waals surface area contributed by atoms with Crippen molar-refractivity contribution in [2.45, 2.75) is 13.8 Å². The van der Waals surface area contributed by atoms with Gasteiger partial charge in [0.1, 0.15) is 0 Å². The second kappa shape index (κ2) is 5.34. The molecule has 19 heavy (non-hydrogen) atoms. The normalized spacial score (nSPS) is 10.8. The maximum absolute atomic E-state index is 10.5. The minimum Gasteiger partial charge on any atom is -0.358 e. The Morgan fingerprint density at radius 3 is 2.53 bits per heavy atom. The Hall–Kier alpha value is -2.63. The first-order chi connectivity index (χ1) is 9.06. The van der Waals surface area contributed by atoms with Crippen molar-refractivity contribution in [2.24, 2.45) is 5.10 Å². The van der Waals surface area contributed by atoms with Crippen molar-refractivity contribution >= 4 is 17.6 Å². The number of aryl methyl sites for hydroxylation is 2. The van der Waals surface area contributed by atoms with Gasteiger partial charge < -0.3 is 4.98 Å². The SMILES string of the molecule is Cc1cc(C)c(/C=N\Nc2ccc([N+](=O)[O-])cc2)[nH]1. The first-order valence-electron chi connectivity index (χ1n) is 5.76. The molecule has 2 N–H and O–H groups in total. The van der Waals surface area contributed by atoms with Crippen LogP contribution >= 0.6 is 0 Å². The van der Waals surface area contributed by atoms with Gasteiger partial charge in [0.2, 0.25) is 0 Å². The van der Waals surface area contributed by atoms with Gasteiger partial charge in [-0.25, -0.2) is 0 Å². The third-order valence-electron chi connectivity index (χ3n) is 2.66. The van der Waals surface area contributed by atoms with E-state index in [-0.39, 0.29) is 5.69 Å². The fourth-order valence-electron chi connectivity index (χ4n) is 1.71. The molecular formula is C13H14N4O2. The molecule has 0 aliphatic carbocycles. The van der Waals surface area contributed by atoms with E-state index in [2.05, 4.69) is 15.5 Å². The molecule has 0 spiro atoms. The molecule has 0 saturated heterocycles. The van der Waals surface area contributed by atoms with Crippen LogP contribution < -0.4 is 5.43 Å². The van der Waals surface area contributed by atoms with E-state index in [1.165, 1.54) is 12.1 Å². The Morgan fingerprint density at radius 1 is 1.32 bits per heavy atom. The number of aromatic amines is 1. The number of benzene rings is 1. The van der Waals surface area contributed by atoms with Gasteiger partial charge in [0.05, 0.1) is 22.5 Å². The molecule has 2 rings (SSSR count). The number of hydrazone groups is 1. The van der Waals surface area contributed by atoms with E-state index in [4.69, 9.17) is 0 Å². The summed E-state index contributed by atoms with van der Waals surface area (Å²) < 4.78 is 0. The van der Waals surface area contributed by atoms with Gasteiger partial charge in [-0.05, 0) is 37.6 Å². The third-order valence-corrected chi connectivity index (χ3v) is 2.66. The molecule has 0 saturated carbocycles. The molecule has 0 amide bonds. The molecule has 1 heterocycles. The molecule has 0 aliphatic heterocycles. The number of nitrogens with one attached hydrogen (secondary N) is 2. The summed E-state index contributed by atoms with van der Waals surface area (Å²) in [4.78, 5) is 13.2. The van der Waals surface area contributed by atoms with Crippen LogP contribution in [0.5, 0.6) is 0 Å². The molecule has 0 aliphatic rings. The van der Waals surface area contributed by atoms with Crippen molar-refractivity contribution in [2.75, 3.05) is 5.43 Å². The summed E-state index contributed by atoms with van der Waals surface area (Å²) in [7, 11) is 0. The maximum atomic E-state index is 10.5. The Bertz CT molecular complexity index is 614. The summed E-state index contributed by atoms with van der Waals surface area (Å²) in [6.45, 7) is 3.98. The van der Waals surface area contributed by atoms with Gasteiger partial charge in [-0.2, -0.15) is 5.10 Å². The fraction of sp³-hybridized carbons (Fsp3) is 0.154. The summed E-state index contributed by atoms with van der Waals surface area (Å²) in [5.41, 5.74) is 6.71. The number of H-pyrrole nitrogens is 1. The smallest absolute Gasteiger partial charge is 0.269 e. The fourth-order valence-corrected chi connectivity index (χ4v) is 1.71. The van der Waals surface area contributed by atoms with E-state index in [0.29, 0.717) is 5.69 Å². The number of nitro benzene ring substituents is 1. The number of nitrogens with zero attached hydrogens (tertiary/aromatic N) is 2. The van der Waals surface area contributed by atoms with E-state index in [1.807, 2.05) is 19.9 Å². The second-order valence-electron chi connectivity index (χ2n) is 4.22. The zero-order chi connectivity index (χ0) is 13.8. The van der Waals surface area contributed by atoms with E-state index in [1.54, 1.807) is 18.3 Å². The monoisotopic (exact) mass is 258 g/mol.